The molecule has 0 N–H and O–H groups in total. The minimum atomic E-state index is -0.829. The van der Waals surface area contributed by atoms with Gasteiger partial charge in [-0.3, -0.25) is 9.36 Å². The summed E-state index contributed by atoms with van der Waals surface area (Å²) < 4.78 is 24.4. The average Bonchev–Trinajstić information content (AvgIpc) is 3.31. The number of hydrogen-bond acceptors (Lipinski definition) is 8. The molecule has 2 heterocycles. The number of nitrogens with zero attached hydrogens (tertiary/aromatic N) is 2. The van der Waals surface area contributed by atoms with E-state index in [-0.39, 0.29) is 17.7 Å². The molecule has 1 aliphatic heterocycles. The molecule has 4 aromatic rings. The van der Waals surface area contributed by atoms with Gasteiger partial charge < -0.3 is 18.9 Å². The van der Waals surface area contributed by atoms with Crippen LogP contribution in [0.15, 0.2) is 88.2 Å². The van der Waals surface area contributed by atoms with Crippen LogP contribution < -0.4 is 29.1 Å². The van der Waals surface area contributed by atoms with E-state index in [1.807, 2.05) is 67.6 Å². The normalized spacial score (nSPS) is 14.7. The maximum absolute atomic E-state index is 14.1. The van der Waals surface area contributed by atoms with Crippen LogP contribution in [0.2, 0.25) is 0 Å². The number of benzene rings is 3. The molecule has 210 valence electrons. The average molecular weight is 571 g/mol. The Bertz CT molecular complexity index is 1790. The molecule has 41 heavy (non-hydrogen) atoms. The highest BCUT2D eigenvalue weighted by molar-refractivity contribution is 7.07. The zero-order valence-electron chi connectivity index (χ0n) is 23.2. The summed E-state index contributed by atoms with van der Waals surface area (Å²) in [5.74, 6) is 1.13. The van der Waals surface area contributed by atoms with Crippen LogP contribution in [-0.2, 0) is 9.53 Å². The van der Waals surface area contributed by atoms with Crippen molar-refractivity contribution >= 4 is 29.1 Å². The molecule has 8 nitrogen and oxygen atoms in total. The van der Waals surface area contributed by atoms with E-state index in [0.717, 1.165) is 11.1 Å². The molecule has 9 heteroatoms. The van der Waals surface area contributed by atoms with Crippen LogP contribution in [0, 0.1) is 0 Å². The molecule has 0 spiro atoms. The topological polar surface area (TPSA) is 88.4 Å². The zero-order chi connectivity index (χ0) is 28.9. The summed E-state index contributed by atoms with van der Waals surface area (Å²) in [4.78, 5) is 33.1. The Hall–Kier alpha value is -4.63. The number of fused-ring (bicyclic) bond motifs is 1. The molecule has 1 aromatic heterocycles. The van der Waals surface area contributed by atoms with Crippen LogP contribution in [0.4, 0.5) is 0 Å². The second kappa shape index (κ2) is 12.3. The van der Waals surface area contributed by atoms with Crippen molar-refractivity contribution < 1.29 is 23.7 Å². The monoisotopic (exact) mass is 570 g/mol. The molecular formula is C32H30N2O6S. The lowest BCUT2D eigenvalue weighted by atomic mass is 9.93. The summed E-state index contributed by atoms with van der Waals surface area (Å²) in [6.07, 6.45) is 1.80. The Morgan fingerprint density at radius 2 is 1.66 bits per heavy atom. The van der Waals surface area contributed by atoms with Crippen LogP contribution in [0.5, 0.6) is 17.2 Å². The minimum Gasteiger partial charge on any atom is -0.493 e. The van der Waals surface area contributed by atoms with E-state index in [1.54, 1.807) is 43.9 Å². The molecule has 3 aromatic carbocycles. The zero-order valence-corrected chi connectivity index (χ0v) is 24.1. The van der Waals surface area contributed by atoms with Crippen molar-refractivity contribution in [3.63, 3.8) is 0 Å². The number of carbonyl (C=O) groups is 1. The van der Waals surface area contributed by atoms with Crippen LogP contribution in [0.1, 0.15) is 36.6 Å². The fraction of sp³-hybridized carbons (Fsp3) is 0.219. The third-order valence-corrected chi connectivity index (χ3v) is 7.59. The van der Waals surface area contributed by atoms with Gasteiger partial charge in [0.15, 0.2) is 16.3 Å². The second-order valence-electron chi connectivity index (χ2n) is 9.02. The lowest BCUT2D eigenvalue weighted by Gasteiger charge is -2.26. The van der Waals surface area contributed by atoms with E-state index in [4.69, 9.17) is 23.9 Å². The molecule has 0 saturated carbocycles. The first kappa shape index (κ1) is 27.9. The lowest BCUT2D eigenvalue weighted by molar-refractivity contribution is -0.138. The van der Waals surface area contributed by atoms with Gasteiger partial charge in [0.2, 0.25) is 0 Å². The van der Waals surface area contributed by atoms with Crippen molar-refractivity contribution in [2.45, 2.75) is 19.9 Å². The summed E-state index contributed by atoms with van der Waals surface area (Å²) in [5, 5.41) is 0. The van der Waals surface area contributed by atoms with Gasteiger partial charge in [-0.25, -0.2) is 9.79 Å². The SMILES string of the molecule is CCOC(=O)C1=C(c2ccccc2)N=c2s/c(=C\c3ccccc3OCC)c(=O)n2[C@@H]1c1ccc(OC)c(OC)c1. The predicted octanol–water partition coefficient (Wildman–Crippen LogP) is 4.35. The molecule has 0 saturated heterocycles. The number of hydrogen-bond donors (Lipinski definition) is 0. The van der Waals surface area contributed by atoms with Crippen molar-refractivity contribution in [2.24, 2.45) is 4.99 Å². The number of rotatable bonds is 9. The third-order valence-electron chi connectivity index (χ3n) is 6.60. The lowest BCUT2D eigenvalue weighted by Crippen LogP contribution is -2.40. The summed E-state index contributed by atoms with van der Waals surface area (Å²) >= 11 is 1.26. The van der Waals surface area contributed by atoms with Gasteiger partial charge in [-0.05, 0) is 43.7 Å². The summed E-state index contributed by atoms with van der Waals surface area (Å²) in [5.41, 5.74) is 2.59. The van der Waals surface area contributed by atoms with E-state index in [2.05, 4.69) is 0 Å². The molecule has 0 fully saturated rings. The number of aromatic nitrogens is 1. The van der Waals surface area contributed by atoms with Gasteiger partial charge >= 0.3 is 5.97 Å². The Morgan fingerprint density at radius 1 is 0.927 bits per heavy atom. The first-order chi connectivity index (χ1) is 20.0. The summed E-state index contributed by atoms with van der Waals surface area (Å²) in [7, 11) is 3.10. The highest BCUT2D eigenvalue weighted by Crippen LogP contribution is 2.38. The van der Waals surface area contributed by atoms with Gasteiger partial charge in [-0.1, -0.05) is 65.9 Å². The first-order valence-electron chi connectivity index (χ1n) is 13.2. The number of para-hydroxylation sites is 1. The molecule has 0 radical (unpaired) electrons. The van der Waals surface area contributed by atoms with Crippen molar-refractivity contribution in [1.82, 2.24) is 4.57 Å². The van der Waals surface area contributed by atoms with E-state index in [0.29, 0.717) is 44.4 Å². The van der Waals surface area contributed by atoms with Crippen LogP contribution in [0.25, 0.3) is 11.8 Å². The number of esters is 1. The van der Waals surface area contributed by atoms with Crippen LogP contribution in [-0.4, -0.2) is 38.0 Å². The van der Waals surface area contributed by atoms with Crippen molar-refractivity contribution in [3.05, 3.63) is 115 Å². The Morgan fingerprint density at radius 3 is 2.37 bits per heavy atom. The van der Waals surface area contributed by atoms with E-state index < -0.39 is 12.0 Å². The molecule has 0 unspecified atom stereocenters. The minimum absolute atomic E-state index is 0.168. The van der Waals surface area contributed by atoms with Gasteiger partial charge in [0, 0.05) is 11.1 Å². The molecule has 1 aliphatic rings. The quantitative estimate of drug-likeness (QED) is 0.278. The Kier molecular flexibility index (Phi) is 8.35. The fourth-order valence-corrected chi connectivity index (χ4v) is 5.80. The Balaban J connectivity index is 1.84. The largest absolute Gasteiger partial charge is 0.493 e. The Labute approximate surface area is 241 Å². The maximum atomic E-state index is 14.1. The van der Waals surface area contributed by atoms with E-state index in [1.165, 1.54) is 11.3 Å². The number of ether oxygens (including phenoxy) is 4. The fourth-order valence-electron chi connectivity index (χ4n) is 4.81. The molecule has 1 atom stereocenters. The molecule has 5 rings (SSSR count). The van der Waals surface area contributed by atoms with Gasteiger partial charge in [0.05, 0.1) is 49.3 Å². The predicted molar refractivity (Wildman–Crippen MR) is 158 cm³/mol. The molecule has 0 bridgehead atoms. The number of methoxy groups -OCH3 is 2. The highest BCUT2D eigenvalue weighted by Gasteiger charge is 2.35. The first-order valence-corrected chi connectivity index (χ1v) is 14.0. The smallest absolute Gasteiger partial charge is 0.338 e. The number of carbonyl (C=O) groups excluding carboxylic acids is 1. The molecule has 0 aliphatic carbocycles. The van der Waals surface area contributed by atoms with Crippen molar-refractivity contribution in [3.8, 4) is 17.2 Å². The van der Waals surface area contributed by atoms with Gasteiger partial charge in [-0.15, -0.1) is 0 Å². The highest BCUT2D eigenvalue weighted by atomic mass is 32.1. The van der Waals surface area contributed by atoms with Gasteiger partial charge in [-0.2, -0.15) is 0 Å². The summed E-state index contributed by atoms with van der Waals surface area (Å²) in [6.45, 7) is 4.32. The van der Waals surface area contributed by atoms with E-state index >= 15 is 0 Å². The summed E-state index contributed by atoms with van der Waals surface area (Å²) in [6, 6.07) is 21.5. The standard InChI is InChI=1S/C32H30N2O6S/c1-5-39-23-15-11-10-14-21(23)19-26-30(35)34-29(22-16-17-24(37-3)25(18-22)38-4)27(31(36)40-6-2)28(33-32(34)41-26)20-12-8-7-9-13-20/h7-19,29H,5-6H2,1-4H3/b26-19-/t29-/m1/s1. The van der Waals surface area contributed by atoms with Crippen LogP contribution in [0.3, 0.4) is 0 Å². The molecular weight excluding hydrogens is 540 g/mol. The second-order valence-corrected chi connectivity index (χ2v) is 10.0. The number of thiazole rings is 1. The van der Waals surface area contributed by atoms with Gasteiger partial charge in [0.1, 0.15) is 5.75 Å². The van der Waals surface area contributed by atoms with Crippen molar-refractivity contribution in [2.75, 3.05) is 27.4 Å². The molecule has 0 amide bonds. The van der Waals surface area contributed by atoms with Crippen molar-refractivity contribution in [1.29, 1.82) is 0 Å². The maximum Gasteiger partial charge on any atom is 0.338 e. The van der Waals surface area contributed by atoms with E-state index in [9.17, 15) is 9.59 Å². The van der Waals surface area contributed by atoms with Crippen LogP contribution >= 0.6 is 11.3 Å². The van der Waals surface area contributed by atoms with Gasteiger partial charge in [0.25, 0.3) is 5.56 Å². The third kappa shape index (κ3) is 5.40.